The lowest BCUT2D eigenvalue weighted by Gasteiger charge is -2.40. The van der Waals surface area contributed by atoms with Gasteiger partial charge in [-0.1, -0.05) is 136 Å². The lowest BCUT2D eigenvalue weighted by Crippen LogP contribution is -2.60. The van der Waals surface area contributed by atoms with Crippen molar-refractivity contribution < 1.29 is 56.8 Å². The van der Waals surface area contributed by atoms with Gasteiger partial charge in [0.15, 0.2) is 12.4 Å². The summed E-state index contributed by atoms with van der Waals surface area (Å²) in [7, 11) is -4.62. The first kappa shape index (κ1) is 56.3. The molecule has 1 aliphatic heterocycles. The normalized spacial score (nSPS) is 20.9. The molecule has 1 saturated heterocycles. The van der Waals surface area contributed by atoms with Crippen molar-refractivity contribution in [2.24, 2.45) is 0 Å². The van der Waals surface area contributed by atoms with Crippen LogP contribution in [0.4, 0.5) is 0 Å². The minimum atomic E-state index is -4.62. The second kappa shape index (κ2) is 37.8. The van der Waals surface area contributed by atoms with E-state index in [0.717, 1.165) is 70.6 Å². The van der Waals surface area contributed by atoms with Crippen molar-refractivity contribution in [1.29, 1.82) is 0 Å². The second-order valence-corrected chi connectivity index (χ2v) is 16.5. The van der Waals surface area contributed by atoms with E-state index in [0.29, 0.717) is 12.8 Å². The molecular weight excluding hydrogens is 813 g/mol. The lowest BCUT2D eigenvalue weighted by molar-refractivity contribution is -0.297. The molecule has 0 aromatic heterocycles. The number of hydrogen-bond donors (Lipinski definition) is 4. The predicted octanol–water partition coefficient (Wildman–Crippen LogP) is 9.22. The fraction of sp³-hybridized carbons (Fsp3) is 0.592. The molecule has 12 nitrogen and oxygen atoms in total. The van der Waals surface area contributed by atoms with Crippen LogP contribution in [0.25, 0.3) is 0 Å². The van der Waals surface area contributed by atoms with Gasteiger partial charge in [-0.25, -0.2) is 0 Å². The van der Waals surface area contributed by atoms with E-state index in [-0.39, 0.29) is 19.4 Å². The minimum absolute atomic E-state index is 0.0784. The Morgan fingerprint density at radius 1 is 0.565 bits per heavy atom. The van der Waals surface area contributed by atoms with Crippen LogP contribution in [0.2, 0.25) is 0 Å². The maximum atomic E-state index is 12.8. The summed E-state index contributed by atoms with van der Waals surface area (Å²) < 4.78 is 53.9. The molecule has 2 unspecified atom stereocenters. The van der Waals surface area contributed by atoms with E-state index in [1.54, 1.807) is 0 Å². The molecule has 0 aliphatic carbocycles. The Labute approximate surface area is 372 Å². The van der Waals surface area contributed by atoms with Crippen molar-refractivity contribution in [3.8, 4) is 0 Å². The first-order valence-electron chi connectivity index (χ1n) is 22.4. The molecule has 350 valence electrons. The van der Waals surface area contributed by atoms with Crippen LogP contribution >= 0.6 is 0 Å². The summed E-state index contributed by atoms with van der Waals surface area (Å²) >= 11 is 0. The van der Waals surface area contributed by atoms with E-state index in [1.165, 1.54) is 19.3 Å². The van der Waals surface area contributed by atoms with Crippen molar-refractivity contribution in [3.05, 3.63) is 109 Å². The zero-order valence-electron chi connectivity index (χ0n) is 37.2. The van der Waals surface area contributed by atoms with Crippen LogP contribution in [0.15, 0.2) is 109 Å². The van der Waals surface area contributed by atoms with Crippen LogP contribution in [-0.2, 0) is 38.7 Å². The van der Waals surface area contributed by atoms with E-state index in [9.17, 15) is 37.9 Å². The standard InChI is InChI=1S/C49H76O12S/c1-3-5-7-9-11-13-15-17-19-20-21-22-24-25-27-29-31-33-35-37-44(50)58-39-42(40-59-49-48(54)47(53)46(52)43(61-49)41-62(55,56)57)60-45(51)38-36-34-32-30-28-26-23-18-16-14-12-10-8-6-4-2/h5,7,11-14,17-19,21-23,25,27-28,30-31,33,42-43,46-49,52-54H,3-4,6,8-10,15-16,20,24,26,29,32,34-41H2,1-2H3,(H,55,56,57)/b7-5+,13-11+,14-12+,19-17+,22-21+,23-18+,27-25+,30-28+,33-31+/t42-,43-,46-,47?,48?,49+/m1/s1. The average molecular weight is 889 g/mol. The number of unbranched alkanes of at least 4 members (excludes halogenated alkanes) is 5. The summed E-state index contributed by atoms with van der Waals surface area (Å²) in [6.45, 7) is 3.49. The highest BCUT2D eigenvalue weighted by Crippen LogP contribution is 2.24. The van der Waals surface area contributed by atoms with Gasteiger partial charge in [-0.15, -0.1) is 0 Å². The third-order valence-corrected chi connectivity index (χ3v) is 10.1. The van der Waals surface area contributed by atoms with Gasteiger partial charge in [0.1, 0.15) is 36.8 Å². The van der Waals surface area contributed by atoms with E-state index >= 15 is 0 Å². The fourth-order valence-corrected chi connectivity index (χ4v) is 6.57. The first-order valence-corrected chi connectivity index (χ1v) is 24.1. The maximum Gasteiger partial charge on any atom is 0.306 e. The highest BCUT2D eigenvalue weighted by Gasteiger charge is 2.46. The number of allylic oxidation sites excluding steroid dienone is 18. The topological polar surface area (TPSA) is 186 Å². The van der Waals surface area contributed by atoms with E-state index in [1.807, 2.05) is 12.2 Å². The molecular formula is C49H76O12S. The Kier molecular flexibility index (Phi) is 34.4. The fourth-order valence-electron chi connectivity index (χ4n) is 5.88. The Morgan fingerprint density at radius 3 is 1.52 bits per heavy atom. The Hall–Kier alpha value is -3.69. The molecule has 13 heteroatoms. The number of aliphatic hydroxyl groups excluding tert-OH is 3. The zero-order chi connectivity index (χ0) is 45.5. The number of carbonyl (C=O) groups excluding carboxylic acids is 2. The minimum Gasteiger partial charge on any atom is -0.462 e. The van der Waals surface area contributed by atoms with Gasteiger partial charge in [0.2, 0.25) is 0 Å². The molecule has 0 amide bonds. The van der Waals surface area contributed by atoms with E-state index in [2.05, 4.69) is 111 Å². The molecule has 1 heterocycles. The van der Waals surface area contributed by atoms with Gasteiger partial charge in [0, 0.05) is 12.8 Å². The smallest absolute Gasteiger partial charge is 0.306 e. The molecule has 1 rings (SSSR count). The van der Waals surface area contributed by atoms with Crippen LogP contribution in [-0.4, -0.2) is 96.0 Å². The molecule has 0 radical (unpaired) electrons. The van der Waals surface area contributed by atoms with Gasteiger partial charge in [-0.3, -0.25) is 14.1 Å². The summed E-state index contributed by atoms with van der Waals surface area (Å²) in [6.07, 6.45) is 42.9. The molecule has 6 atom stereocenters. The second-order valence-electron chi connectivity index (χ2n) is 15.0. The van der Waals surface area contributed by atoms with Crippen molar-refractivity contribution in [1.82, 2.24) is 0 Å². The lowest BCUT2D eigenvalue weighted by atomic mass is 10.00. The summed E-state index contributed by atoms with van der Waals surface area (Å²) in [5, 5.41) is 30.9. The number of ether oxygens (including phenoxy) is 4. The van der Waals surface area contributed by atoms with Crippen molar-refractivity contribution >= 4 is 22.1 Å². The largest absolute Gasteiger partial charge is 0.462 e. The molecule has 1 fully saturated rings. The predicted molar refractivity (Wildman–Crippen MR) is 247 cm³/mol. The number of carbonyl (C=O) groups is 2. The monoisotopic (exact) mass is 889 g/mol. The summed E-state index contributed by atoms with van der Waals surface area (Å²) in [4.78, 5) is 25.4. The quantitative estimate of drug-likeness (QED) is 0.0205. The Morgan fingerprint density at radius 2 is 1.03 bits per heavy atom. The van der Waals surface area contributed by atoms with Gasteiger partial charge in [0.05, 0.1) is 6.61 Å². The highest BCUT2D eigenvalue weighted by molar-refractivity contribution is 7.85. The van der Waals surface area contributed by atoms with Crippen LogP contribution in [0.5, 0.6) is 0 Å². The average Bonchev–Trinajstić information content (AvgIpc) is 3.24. The number of hydrogen-bond acceptors (Lipinski definition) is 11. The number of rotatable bonds is 35. The highest BCUT2D eigenvalue weighted by atomic mass is 32.2. The molecule has 0 saturated carbocycles. The van der Waals surface area contributed by atoms with Gasteiger partial charge in [-0.2, -0.15) is 8.42 Å². The molecule has 4 N–H and O–H groups in total. The first-order chi connectivity index (χ1) is 30.0. The van der Waals surface area contributed by atoms with Crippen molar-refractivity contribution in [3.63, 3.8) is 0 Å². The van der Waals surface area contributed by atoms with Gasteiger partial charge in [0.25, 0.3) is 10.1 Å². The van der Waals surface area contributed by atoms with E-state index in [4.69, 9.17) is 18.9 Å². The molecule has 0 bridgehead atoms. The summed E-state index contributed by atoms with van der Waals surface area (Å²) in [6, 6.07) is 0. The van der Waals surface area contributed by atoms with Crippen LogP contribution in [0.1, 0.15) is 129 Å². The third-order valence-electron chi connectivity index (χ3n) is 9.35. The van der Waals surface area contributed by atoms with Crippen molar-refractivity contribution in [2.75, 3.05) is 19.0 Å². The summed E-state index contributed by atoms with van der Waals surface area (Å²) in [5.41, 5.74) is 0. The van der Waals surface area contributed by atoms with Crippen LogP contribution in [0, 0.1) is 0 Å². The Bertz CT molecular complexity index is 1560. The van der Waals surface area contributed by atoms with Crippen molar-refractivity contribution in [2.45, 2.75) is 166 Å². The van der Waals surface area contributed by atoms with Crippen LogP contribution in [0.3, 0.4) is 0 Å². The SMILES string of the molecule is CC/C=C/C/C=C/C/C=C/C/C=C/C/C=C/C/C=C/CCC(=O)OC[C@H](CO[C@H]1O[C@H](CS(=O)(=O)O)[C@@H](O)C(O)C1O)OC(=O)CCCC/C=C/C/C=C/C/C=C/CCCCC. The molecule has 0 spiro atoms. The number of aliphatic hydroxyl groups is 3. The van der Waals surface area contributed by atoms with Gasteiger partial charge >= 0.3 is 11.9 Å². The summed E-state index contributed by atoms with van der Waals surface area (Å²) in [5.74, 6) is -2.16. The molecule has 0 aromatic rings. The molecule has 0 aromatic carbocycles. The van der Waals surface area contributed by atoms with Gasteiger partial charge < -0.3 is 34.3 Å². The number of esters is 2. The van der Waals surface area contributed by atoms with E-state index < -0.39 is 71.2 Å². The van der Waals surface area contributed by atoms with Crippen LogP contribution < -0.4 is 0 Å². The molecule has 62 heavy (non-hydrogen) atoms. The maximum absolute atomic E-state index is 12.8. The van der Waals surface area contributed by atoms with Gasteiger partial charge in [-0.05, 0) is 89.9 Å². The third kappa shape index (κ3) is 32.1. The zero-order valence-corrected chi connectivity index (χ0v) is 38.0. The Balaban J connectivity index is 2.54. The molecule has 1 aliphatic rings.